The molecular formula is C23H27N3O2S. The van der Waals surface area contributed by atoms with E-state index in [1.807, 2.05) is 24.3 Å². The molecule has 0 radical (unpaired) electrons. The number of rotatable bonds is 5. The van der Waals surface area contributed by atoms with Crippen molar-refractivity contribution in [3.8, 4) is 0 Å². The molecule has 2 heterocycles. The lowest BCUT2D eigenvalue weighted by atomic mass is 9.94. The summed E-state index contributed by atoms with van der Waals surface area (Å²) in [4.78, 5) is 35.2. The van der Waals surface area contributed by atoms with Crippen LogP contribution in [0, 0.1) is 5.92 Å². The smallest absolute Gasteiger partial charge is 0.261 e. The third-order valence-corrected chi connectivity index (χ3v) is 6.94. The number of carbonyl (C=O) groups excluding carboxylic acids is 2. The van der Waals surface area contributed by atoms with E-state index in [1.54, 1.807) is 11.8 Å². The molecule has 1 unspecified atom stereocenters. The average molecular weight is 410 g/mol. The molecule has 0 saturated carbocycles. The van der Waals surface area contributed by atoms with E-state index in [1.165, 1.54) is 28.9 Å². The number of benzene rings is 1. The lowest BCUT2D eigenvalue weighted by molar-refractivity contribution is -0.119. The maximum absolute atomic E-state index is 12.7. The van der Waals surface area contributed by atoms with Gasteiger partial charge in [0.05, 0.1) is 5.04 Å². The third-order valence-electron chi connectivity index (χ3n) is 5.69. The molecule has 1 atom stereocenters. The molecule has 0 saturated heterocycles. The number of aliphatic imine (C=N–C) groups is 2. The zero-order chi connectivity index (χ0) is 20.4. The Labute approximate surface area is 176 Å². The number of thioether (sulfide) groups is 1. The van der Waals surface area contributed by atoms with Gasteiger partial charge >= 0.3 is 0 Å². The summed E-state index contributed by atoms with van der Waals surface area (Å²) in [5.74, 6) is 0.506. The fraction of sp³-hybridized carbons (Fsp3) is 0.478. The first-order valence-electron chi connectivity index (χ1n) is 10.5. The van der Waals surface area contributed by atoms with E-state index in [2.05, 4.69) is 29.1 Å². The fourth-order valence-electron chi connectivity index (χ4n) is 4.03. The van der Waals surface area contributed by atoms with Crippen LogP contribution in [0.5, 0.6) is 0 Å². The summed E-state index contributed by atoms with van der Waals surface area (Å²) in [7, 11) is 0. The molecule has 1 aromatic rings. The topological polar surface area (TPSA) is 70.9 Å². The van der Waals surface area contributed by atoms with Gasteiger partial charge in [0.15, 0.2) is 0 Å². The second-order valence-corrected chi connectivity index (χ2v) is 9.30. The summed E-state index contributed by atoms with van der Waals surface area (Å²) in [5, 5.41) is 3.78. The Morgan fingerprint density at radius 1 is 1.14 bits per heavy atom. The molecule has 0 aromatic heterocycles. The first-order valence-corrected chi connectivity index (χ1v) is 11.3. The van der Waals surface area contributed by atoms with E-state index in [0.717, 1.165) is 30.0 Å². The fourth-order valence-corrected chi connectivity index (χ4v) is 5.39. The van der Waals surface area contributed by atoms with Crippen molar-refractivity contribution in [1.29, 1.82) is 0 Å². The van der Waals surface area contributed by atoms with E-state index in [9.17, 15) is 9.59 Å². The summed E-state index contributed by atoms with van der Waals surface area (Å²) < 4.78 is 0. The van der Waals surface area contributed by atoms with Gasteiger partial charge in [-0.25, -0.2) is 4.99 Å². The molecule has 2 amide bonds. The van der Waals surface area contributed by atoms with E-state index < -0.39 is 0 Å². The Morgan fingerprint density at radius 3 is 2.66 bits per heavy atom. The first-order chi connectivity index (χ1) is 14.0. The lowest BCUT2D eigenvalue weighted by Gasteiger charge is -2.16. The highest BCUT2D eigenvalue weighted by Crippen LogP contribution is 2.46. The van der Waals surface area contributed by atoms with Crippen LogP contribution in [0.1, 0.15) is 70.3 Å². The van der Waals surface area contributed by atoms with Gasteiger partial charge in [0, 0.05) is 18.5 Å². The van der Waals surface area contributed by atoms with Crippen LogP contribution in [0.25, 0.3) is 0 Å². The molecular weight excluding hydrogens is 382 g/mol. The van der Waals surface area contributed by atoms with E-state index in [4.69, 9.17) is 0 Å². The Balaban J connectivity index is 1.34. The molecule has 5 nitrogen and oxygen atoms in total. The minimum Gasteiger partial charge on any atom is -0.326 e. The van der Waals surface area contributed by atoms with Crippen molar-refractivity contribution in [3.05, 3.63) is 40.3 Å². The maximum Gasteiger partial charge on any atom is 0.261 e. The molecule has 3 aliphatic rings. The molecule has 6 heteroatoms. The van der Waals surface area contributed by atoms with E-state index in [-0.39, 0.29) is 24.2 Å². The molecule has 1 aromatic carbocycles. The zero-order valence-corrected chi connectivity index (χ0v) is 17.8. The van der Waals surface area contributed by atoms with Crippen LogP contribution < -0.4 is 5.32 Å². The molecule has 4 rings (SSSR count). The van der Waals surface area contributed by atoms with Gasteiger partial charge in [-0.1, -0.05) is 44.2 Å². The van der Waals surface area contributed by atoms with Gasteiger partial charge < -0.3 is 5.32 Å². The molecule has 0 spiro atoms. The van der Waals surface area contributed by atoms with Gasteiger partial charge in [-0.2, -0.15) is 4.99 Å². The number of nitrogens with zero attached hydrogens (tertiary/aromatic N) is 2. The van der Waals surface area contributed by atoms with Gasteiger partial charge in [-0.05, 0) is 59.8 Å². The van der Waals surface area contributed by atoms with Crippen LogP contribution in [-0.2, 0) is 9.59 Å². The molecule has 2 aliphatic heterocycles. The average Bonchev–Trinajstić information content (AvgIpc) is 2.89. The van der Waals surface area contributed by atoms with Crippen LogP contribution in [-0.4, -0.2) is 22.7 Å². The van der Waals surface area contributed by atoms with Crippen LogP contribution in [0.4, 0.5) is 5.69 Å². The first kappa shape index (κ1) is 20.1. The number of allylic oxidation sites excluding steroid dienone is 1. The van der Waals surface area contributed by atoms with Crippen LogP contribution >= 0.6 is 11.8 Å². The van der Waals surface area contributed by atoms with Crippen molar-refractivity contribution in [2.75, 3.05) is 5.32 Å². The van der Waals surface area contributed by atoms with Gasteiger partial charge in [0.2, 0.25) is 5.91 Å². The number of amidine groups is 1. The van der Waals surface area contributed by atoms with Gasteiger partial charge in [-0.15, -0.1) is 0 Å². The quantitative estimate of drug-likeness (QED) is 0.703. The largest absolute Gasteiger partial charge is 0.326 e. The molecule has 1 aliphatic carbocycles. The second-order valence-electron chi connectivity index (χ2n) is 8.19. The number of carbonyl (C=O) groups is 2. The molecule has 0 bridgehead atoms. The summed E-state index contributed by atoms with van der Waals surface area (Å²) in [6.45, 7) is 4.28. The highest BCUT2D eigenvalue weighted by atomic mass is 32.2. The SMILES string of the molecule is CC(C)c1ccc(NC(=O)CCC2=NC(=O)C3C(=N2)SC2=C3CCCCC2)cc1. The van der Waals surface area contributed by atoms with Crippen molar-refractivity contribution in [2.24, 2.45) is 15.9 Å². The molecule has 29 heavy (non-hydrogen) atoms. The Morgan fingerprint density at radius 2 is 1.90 bits per heavy atom. The third kappa shape index (κ3) is 4.53. The molecule has 1 N–H and O–H groups in total. The van der Waals surface area contributed by atoms with Crippen LogP contribution in [0.15, 0.2) is 44.7 Å². The highest BCUT2D eigenvalue weighted by molar-refractivity contribution is 8.17. The van der Waals surface area contributed by atoms with Crippen LogP contribution in [0.2, 0.25) is 0 Å². The number of hydrogen-bond acceptors (Lipinski definition) is 4. The summed E-state index contributed by atoms with van der Waals surface area (Å²) in [6, 6.07) is 7.91. The Hall–Kier alpha value is -2.21. The highest BCUT2D eigenvalue weighted by Gasteiger charge is 2.39. The predicted octanol–water partition coefficient (Wildman–Crippen LogP) is 5.45. The van der Waals surface area contributed by atoms with Gasteiger partial charge in [-0.3, -0.25) is 9.59 Å². The second kappa shape index (κ2) is 8.66. The standard InChI is InChI=1S/C23H27N3O2S/c1-14(2)15-8-10-16(11-9-15)24-20(27)13-12-19-25-22(28)21-17-6-4-3-5-7-18(17)29-23(21)26-19/h8-11,14,21H,3-7,12-13H2,1-2H3,(H,24,27). The molecule has 152 valence electrons. The predicted molar refractivity (Wildman–Crippen MR) is 119 cm³/mol. The minimum absolute atomic E-state index is 0.0900. The lowest BCUT2D eigenvalue weighted by Crippen LogP contribution is -2.26. The van der Waals surface area contributed by atoms with Crippen molar-refractivity contribution in [3.63, 3.8) is 0 Å². The number of hydrogen-bond donors (Lipinski definition) is 1. The van der Waals surface area contributed by atoms with Crippen molar-refractivity contribution in [2.45, 2.75) is 64.7 Å². The summed E-state index contributed by atoms with van der Waals surface area (Å²) in [6.07, 6.45) is 6.24. The summed E-state index contributed by atoms with van der Waals surface area (Å²) >= 11 is 1.67. The van der Waals surface area contributed by atoms with Crippen molar-refractivity contribution in [1.82, 2.24) is 0 Å². The number of nitrogens with one attached hydrogen (secondary N) is 1. The van der Waals surface area contributed by atoms with Crippen molar-refractivity contribution < 1.29 is 9.59 Å². The molecule has 0 fully saturated rings. The number of anilines is 1. The number of fused-ring (bicyclic) bond motifs is 2. The maximum atomic E-state index is 12.7. The normalized spacial score (nSPS) is 21.3. The number of amides is 2. The van der Waals surface area contributed by atoms with Crippen molar-refractivity contribution >= 4 is 40.1 Å². The zero-order valence-electron chi connectivity index (χ0n) is 17.0. The van der Waals surface area contributed by atoms with Crippen LogP contribution in [0.3, 0.4) is 0 Å². The van der Waals surface area contributed by atoms with E-state index >= 15 is 0 Å². The van der Waals surface area contributed by atoms with E-state index in [0.29, 0.717) is 18.2 Å². The van der Waals surface area contributed by atoms with Gasteiger partial charge in [0.1, 0.15) is 11.8 Å². The Bertz CT molecular complexity index is 913. The summed E-state index contributed by atoms with van der Waals surface area (Å²) in [5.41, 5.74) is 3.28. The Kier molecular flexibility index (Phi) is 5.99. The van der Waals surface area contributed by atoms with Gasteiger partial charge in [0.25, 0.3) is 5.91 Å². The monoisotopic (exact) mass is 409 g/mol. The minimum atomic E-state index is -0.245.